The third-order valence-corrected chi connectivity index (χ3v) is 7.14. The smallest absolute Gasteiger partial charge is 0.339 e. The lowest BCUT2D eigenvalue weighted by Crippen LogP contribution is -2.70. The molecule has 0 bridgehead atoms. The zero-order chi connectivity index (χ0) is 20.5. The number of aliphatic hydroxyl groups is 2. The van der Waals surface area contributed by atoms with Gasteiger partial charge in [0.15, 0.2) is 5.60 Å². The van der Waals surface area contributed by atoms with Gasteiger partial charge in [-0.15, -0.1) is 0 Å². The second-order valence-electron chi connectivity index (χ2n) is 8.42. The Labute approximate surface area is 161 Å². The van der Waals surface area contributed by atoms with Gasteiger partial charge in [0.1, 0.15) is 12.2 Å². The van der Waals surface area contributed by atoms with E-state index in [-0.39, 0.29) is 18.4 Å². The number of esters is 2. The number of aliphatic carboxylic acids is 1. The third-order valence-electron chi connectivity index (χ3n) is 7.14. The van der Waals surface area contributed by atoms with Crippen LogP contribution in [0.4, 0.5) is 0 Å². The van der Waals surface area contributed by atoms with Crippen molar-refractivity contribution < 1.29 is 39.2 Å². The Morgan fingerprint density at radius 3 is 2.64 bits per heavy atom. The maximum Gasteiger partial charge on any atom is 0.339 e. The van der Waals surface area contributed by atoms with E-state index in [1.54, 1.807) is 19.1 Å². The minimum Gasteiger partial charge on any atom is -0.478 e. The summed E-state index contributed by atoms with van der Waals surface area (Å²) in [6, 6.07) is 0. The SMILES string of the molecule is C[C@@]12C3=CC=C[C@@H]1[C@]1(C)C[C@@H](/C(=C\C(=O)O)CO)OC(=O)[C@]1(O)C[C@@H]2OC3=O. The van der Waals surface area contributed by atoms with Crippen molar-refractivity contribution in [3.05, 3.63) is 35.5 Å². The Morgan fingerprint density at radius 1 is 1.29 bits per heavy atom. The number of ether oxygens (including phenoxy) is 2. The van der Waals surface area contributed by atoms with Crippen molar-refractivity contribution in [2.24, 2.45) is 16.7 Å². The average Bonchev–Trinajstić information content (AvgIpc) is 2.86. The number of carboxylic acids is 1. The summed E-state index contributed by atoms with van der Waals surface area (Å²) >= 11 is 0. The highest BCUT2D eigenvalue weighted by Gasteiger charge is 2.73. The normalized spacial score (nSPS) is 44.2. The Hall–Kier alpha value is -2.45. The van der Waals surface area contributed by atoms with E-state index >= 15 is 0 Å². The summed E-state index contributed by atoms with van der Waals surface area (Å²) < 4.78 is 10.9. The number of aliphatic hydroxyl groups excluding tert-OH is 1. The van der Waals surface area contributed by atoms with Gasteiger partial charge in [0.25, 0.3) is 0 Å². The van der Waals surface area contributed by atoms with E-state index in [9.17, 15) is 24.6 Å². The summed E-state index contributed by atoms with van der Waals surface area (Å²) in [6.45, 7) is 3.05. The van der Waals surface area contributed by atoms with Crippen molar-refractivity contribution >= 4 is 17.9 Å². The lowest BCUT2D eigenvalue weighted by Gasteiger charge is -2.61. The Balaban J connectivity index is 1.82. The van der Waals surface area contributed by atoms with Gasteiger partial charge in [-0.25, -0.2) is 14.4 Å². The molecule has 6 atom stereocenters. The number of carbonyl (C=O) groups excluding carboxylic acids is 2. The van der Waals surface area contributed by atoms with Crippen LogP contribution >= 0.6 is 0 Å². The highest BCUT2D eigenvalue weighted by atomic mass is 16.6. The molecule has 2 saturated heterocycles. The molecule has 3 N–H and O–H groups in total. The molecule has 0 amide bonds. The van der Waals surface area contributed by atoms with E-state index in [2.05, 4.69) is 0 Å². The molecule has 0 aromatic rings. The van der Waals surface area contributed by atoms with Crippen molar-refractivity contribution in [3.63, 3.8) is 0 Å². The zero-order valence-electron chi connectivity index (χ0n) is 15.5. The molecule has 0 unspecified atom stereocenters. The van der Waals surface area contributed by atoms with Crippen molar-refractivity contribution in [3.8, 4) is 0 Å². The van der Waals surface area contributed by atoms with Gasteiger partial charge in [0.05, 0.1) is 6.61 Å². The second-order valence-corrected chi connectivity index (χ2v) is 8.42. The van der Waals surface area contributed by atoms with Crippen LogP contribution in [-0.2, 0) is 23.9 Å². The molecule has 3 fully saturated rings. The molecule has 0 spiro atoms. The van der Waals surface area contributed by atoms with Crippen LogP contribution in [0, 0.1) is 16.7 Å². The van der Waals surface area contributed by atoms with Gasteiger partial charge in [0, 0.05) is 34.5 Å². The number of fused-ring (bicyclic) bond motifs is 2. The summed E-state index contributed by atoms with van der Waals surface area (Å²) in [7, 11) is 0. The predicted molar refractivity (Wildman–Crippen MR) is 93.7 cm³/mol. The van der Waals surface area contributed by atoms with E-state index in [0.717, 1.165) is 6.08 Å². The standard InChI is InChI=1S/C20H22O8/c1-18-7-12(10(9-21)6-15(22)23)27-17(25)20(18,26)8-14-19(2)11(16(24)28-14)4-3-5-13(18)19/h3-6,12-14,21,26H,7-9H2,1-2H3,(H,22,23)/b10-6-/t12-,13+,14-,18-,19+,20+/m0/s1. The fourth-order valence-electron chi connectivity index (χ4n) is 5.54. The fraction of sp³-hybridized carbons (Fsp3) is 0.550. The fourth-order valence-corrected chi connectivity index (χ4v) is 5.54. The van der Waals surface area contributed by atoms with Crippen LogP contribution in [0.1, 0.15) is 26.7 Å². The van der Waals surface area contributed by atoms with E-state index in [0.29, 0.717) is 5.57 Å². The Bertz CT molecular complexity index is 869. The highest BCUT2D eigenvalue weighted by molar-refractivity contribution is 5.94. The van der Waals surface area contributed by atoms with Gasteiger partial charge >= 0.3 is 17.9 Å². The molecule has 1 saturated carbocycles. The number of hydrogen-bond acceptors (Lipinski definition) is 7. The highest BCUT2D eigenvalue weighted by Crippen LogP contribution is 2.66. The minimum atomic E-state index is -1.90. The first-order valence-electron chi connectivity index (χ1n) is 9.15. The molecule has 0 aromatic carbocycles. The van der Waals surface area contributed by atoms with Crippen molar-refractivity contribution in [1.29, 1.82) is 0 Å². The molecular weight excluding hydrogens is 368 g/mol. The van der Waals surface area contributed by atoms with Crippen LogP contribution in [0.3, 0.4) is 0 Å². The van der Waals surface area contributed by atoms with E-state index in [4.69, 9.17) is 14.6 Å². The number of allylic oxidation sites excluding steroid dienone is 3. The molecule has 8 nitrogen and oxygen atoms in total. The van der Waals surface area contributed by atoms with Crippen molar-refractivity contribution in [2.45, 2.75) is 44.5 Å². The quantitative estimate of drug-likeness (QED) is 0.469. The van der Waals surface area contributed by atoms with Gasteiger partial charge in [-0.3, -0.25) is 0 Å². The maximum absolute atomic E-state index is 12.9. The van der Waals surface area contributed by atoms with Crippen LogP contribution in [0.5, 0.6) is 0 Å². The van der Waals surface area contributed by atoms with E-state index in [1.165, 1.54) is 0 Å². The maximum atomic E-state index is 12.9. The summed E-state index contributed by atoms with van der Waals surface area (Å²) in [5.74, 6) is -3.04. The van der Waals surface area contributed by atoms with Crippen LogP contribution in [-0.4, -0.2) is 57.6 Å². The zero-order valence-corrected chi connectivity index (χ0v) is 15.5. The van der Waals surface area contributed by atoms with Crippen molar-refractivity contribution in [2.75, 3.05) is 6.61 Å². The molecule has 28 heavy (non-hydrogen) atoms. The largest absolute Gasteiger partial charge is 0.478 e. The van der Waals surface area contributed by atoms with Crippen LogP contribution in [0.15, 0.2) is 35.5 Å². The number of carbonyl (C=O) groups is 3. The van der Waals surface area contributed by atoms with Gasteiger partial charge in [-0.2, -0.15) is 0 Å². The average molecular weight is 390 g/mol. The summed E-state index contributed by atoms with van der Waals surface area (Å²) in [4.78, 5) is 36.3. The number of hydrogen-bond donors (Lipinski definition) is 3. The van der Waals surface area contributed by atoms with Crippen LogP contribution in [0.25, 0.3) is 0 Å². The topological polar surface area (TPSA) is 130 Å². The third kappa shape index (κ3) is 2.15. The summed E-state index contributed by atoms with van der Waals surface area (Å²) in [6.07, 6.45) is 4.45. The molecular formula is C20H22O8. The number of carboxylic acid groups (broad SMARTS) is 1. The first-order chi connectivity index (χ1) is 13.1. The first-order valence-corrected chi connectivity index (χ1v) is 9.15. The molecule has 4 aliphatic rings. The van der Waals surface area contributed by atoms with Crippen LogP contribution < -0.4 is 0 Å². The van der Waals surface area contributed by atoms with Gasteiger partial charge < -0.3 is 24.8 Å². The number of cyclic esters (lactones) is 1. The molecule has 0 radical (unpaired) electrons. The number of rotatable bonds is 3. The molecule has 8 heteroatoms. The Kier molecular flexibility index (Phi) is 3.90. The van der Waals surface area contributed by atoms with Gasteiger partial charge in [-0.1, -0.05) is 32.1 Å². The molecule has 2 aliphatic carbocycles. The summed E-state index contributed by atoms with van der Waals surface area (Å²) in [5, 5.41) is 30.1. The minimum absolute atomic E-state index is 0.0469. The molecule has 0 aromatic heterocycles. The Morgan fingerprint density at radius 2 is 2.00 bits per heavy atom. The molecule has 150 valence electrons. The van der Waals surface area contributed by atoms with Gasteiger partial charge in [-0.05, 0) is 12.3 Å². The van der Waals surface area contributed by atoms with E-state index < -0.39 is 59.1 Å². The molecule has 2 heterocycles. The molecule has 2 aliphatic heterocycles. The molecule has 4 rings (SSSR count). The lowest BCUT2D eigenvalue weighted by atomic mass is 9.45. The van der Waals surface area contributed by atoms with E-state index in [1.807, 2.05) is 13.0 Å². The van der Waals surface area contributed by atoms with Crippen LogP contribution in [0.2, 0.25) is 0 Å². The lowest BCUT2D eigenvalue weighted by molar-refractivity contribution is -0.243. The predicted octanol–water partition coefficient (Wildman–Crippen LogP) is 0.490. The van der Waals surface area contributed by atoms with Crippen molar-refractivity contribution in [1.82, 2.24) is 0 Å². The van der Waals surface area contributed by atoms with Gasteiger partial charge in [0.2, 0.25) is 0 Å². The summed E-state index contributed by atoms with van der Waals surface area (Å²) in [5.41, 5.74) is -3.13. The second kappa shape index (κ2) is 5.78. The monoisotopic (exact) mass is 390 g/mol. The first kappa shape index (κ1) is 18.9.